The number of nitrogens with zero attached hydrogens (tertiary/aromatic N) is 6. The van der Waals surface area contributed by atoms with Crippen LogP contribution in [0.2, 0.25) is 5.02 Å². The van der Waals surface area contributed by atoms with Crippen molar-refractivity contribution in [3.8, 4) is 22.9 Å². The number of fused-ring (bicyclic) bond motifs is 1. The number of ether oxygens (including phenoxy) is 3. The van der Waals surface area contributed by atoms with Gasteiger partial charge in [0.2, 0.25) is 11.7 Å². The number of hydrogen-bond donors (Lipinski definition) is 1. The Morgan fingerprint density at radius 2 is 1.71 bits per heavy atom. The van der Waals surface area contributed by atoms with E-state index in [9.17, 15) is 9.59 Å². The first-order valence-electron chi connectivity index (χ1n) is 14.8. The maximum absolute atomic E-state index is 14.3. The summed E-state index contributed by atoms with van der Waals surface area (Å²) >= 11 is 6.03. The van der Waals surface area contributed by atoms with E-state index in [0.29, 0.717) is 65.5 Å². The van der Waals surface area contributed by atoms with Crippen molar-refractivity contribution in [2.45, 2.75) is 31.5 Å². The number of halogens is 1. The number of amides is 2. The molecule has 4 aromatic rings. The number of rotatable bonds is 10. The Hall–Kier alpha value is -4.68. The summed E-state index contributed by atoms with van der Waals surface area (Å²) in [5, 5.41) is 16.3. The lowest BCUT2D eigenvalue weighted by Crippen LogP contribution is -2.46. The summed E-state index contributed by atoms with van der Waals surface area (Å²) in [6.07, 6.45) is 1.73. The zero-order valence-corrected chi connectivity index (χ0v) is 25.8. The summed E-state index contributed by atoms with van der Waals surface area (Å²) in [5.74, 6) is 0.621. The minimum Gasteiger partial charge on any atom is -0.486 e. The van der Waals surface area contributed by atoms with Crippen molar-refractivity contribution in [2.24, 2.45) is 0 Å². The zero-order chi connectivity index (χ0) is 31.3. The minimum absolute atomic E-state index is 0.0743. The average Bonchev–Trinajstić information content (AvgIpc) is 3.75. The van der Waals surface area contributed by atoms with E-state index in [0.717, 1.165) is 18.5 Å². The lowest BCUT2D eigenvalue weighted by atomic mass is 10.0. The van der Waals surface area contributed by atoms with Crippen LogP contribution in [-0.4, -0.2) is 78.6 Å². The Balaban J connectivity index is 1.37. The molecule has 2 aliphatic rings. The topological polar surface area (TPSA) is 124 Å². The smallest absolute Gasteiger partial charge is 0.251 e. The third-order valence-electron chi connectivity index (χ3n) is 7.66. The Kier molecular flexibility index (Phi) is 9.13. The maximum Gasteiger partial charge on any atom is 0.251 e. The molecule has 1 saturated heterocycles. The lowest BCUT2D eigenvalue weighted by molar-refractivity contribution is -0.127. The third-order valence-corrected chi connectivity index (χ3v) is 7.92. The molecule has 45 heavy (non-hydrogen) atoms. The first-order chi connectivity index (χ1) is 21.9. The largest absolute Gasteiger partial charge is 0.486 e. The molecule has 1 aromatic heterocycles. The Labute approximate surface area is 265 Å². The molecule has 0 unspecified atom stereocenters. The van der Waals surface area contributed by atoms with Crippen LogP contribution in [0.25, 0.3) is 11.4 Å². The molecule has 0 saturated carbocycles. The number of tetrazole rings is 1. The predicted octanol–water partition coefficient (Wildman–Crippen LogP) is 3.90. The third kappa shape index (κ3) is 7.02. The fourth-order valence-electron chi connectivity index (χ4n) is 5.33. The Morgan fingerprint density at radius 1 is 0.978 bits per heavy atom. The monoisotopic (exact) mass is 631 g/mol. The number of carbonyl (C=O) groups is 2. The molecule has 0 radical (unpaired) electrons. The number of aromatic nitrogens is 4. The van der Waals surface area contributed by atoms with E-state index in [1.165, 1.54) is 9.70 Å². The first kappa shape index (κ1) is 30.4. The second kappa shape index (κ2) is 13.5. The van der Waals surface area contributed by atoms with Crippen LogP contribution in [0.1, 0.15) is 24.4 Å². The number of benzene rings is 3. The van der Waals surface area contributed by atoms with Crippen molar-refractivity contribution in [1.29, 1.82) is 0 Å². The van der Waals surface area contributed by atoms with Crippen molar-refractivity contribution >= 4 is 34.8 Å². The number of anilines is 2. The van der Waals surface area contributed by atoms with Gasteiger partial charge < -0.3 is 24.4 Å². The fraction of sp³-hybridized carbons (Fsp3) is 0.344. The summed E-state index contributed by atoms with van der Waals surface area (Å²) in [4.78, 5) is 33.1. The fourth-order valence-corrected chi connectivity index (χ4v) is 5.46. The molecular weight excluding hydrogens is 598 g/mol. The van der Waals surface area contributed by atoms with E-state index in [2.05, 4.69) is 20.7 Å². The van der Waals surface area contributed by atoms with Crippen LogP contribution in [0, 0.1) is 0 Å². The number of nitrogens with one attached hydrogen (secondary N) is 1. The van der Waals surface area contributed by atoms with Crippen LogP contribution in [0.5, 0.6) is 11.5 Å². The van der Waals surface area contributed by atoms with Crippen molar-refractivity contribution in [3.05, 3.63) is 77.3 Å². The van der Waals surface area contributed by atoms with Gasteiger partial charge in [0.25, 0.3) is 5.91 Å². The second-order valence-corrected chi connectivity index (χ2v) is 11.4. The summed E-state index contributed by atoms with van der Waals surface area (Å²) in [6.45, 7) is 1.53. The number of carbonyl (C=O) groups excluding carboxylic acids is 2. The van der Waals surface area contributed by atoms with Crippen LogP contribution in [0.15, 0.2) is 66.7 Å². The molecule has 13 heteroatoms. The van der Waals surface area contributed by atoms with Crippen LogP contribution in [0.3, 0.4) is 0 Å². The predicted molar refractivity (Wildman–Crippen MR) is 169 cm³/mol. The Bertz CT molecular complexity index is 1640. The van der Waals surface area contributed by atoms with Gasteiger partial charge in [-0.25, -0.2) is 0 Å². The van der Waals surface area contributed by atoms with E-state index in [1.807, 2.05) is 43.3 Å². The number of hydrogen-bond acceptors (Lipinski definition) is 9. The summed E-state index contributed by atoms with van der Waals surface area (Å²) in [7, 11) is 3.88. The quantitative estimate of drug-likeness (QED) is 0.277. The molecule has 2 atom stereocenters. The standard InChI is InChI=1S/C32H34ClN7O5/c1-38(2)24-11-7-21(8-12-24)30(32(42)34-19-26-4-3-15-43-26)40(25-13-14-27-28(18-25)45-17-16-44-27)29(41)20-39-36-31(35-37-39)22-5-9-23(33)10-6-22/h5-14,18,26,30H,3-4,15-17,19-20H2,1-2H3,(H,34,42)/t26-,30+/m0/s1. The van der Waals surface area contributed by atoms with Gasteiger partial charge in [-0.1, -0.05) is 23.7 Å². The summed E-state index contributed by atoms with van der Waals surface area (Å²) < 4.78 is 17.3. The average molecular weight is 632 g/mol. The van der Waals surface area contributed by atoms with Gasteiger partial charge >= 0.3 is 0 Å². The van der Waals surface area contributed by atoms with Crippen LogP contribution in [-0.2, 0) is 20.9 Å². The van der Waals surface area contributed by atoms with Crippen LogP contribution < -0.4 is 24.6 Å². The maximum atomic E-state index is 14.3. The van der Waals surface area contributed by atoms with Gasteiger partial charge in [0.05, 0.1) is 6.10 Å². The van der Waals surface area contributed by atoms with E-state index < -0.39 is 11.9 Å². The van der Waals surface area contributed by atoms with Crippen molar-refractivity contribution in [2.75, 3.05) is 50.3 Å². The van der Waals surface area contributed by atoms with Crippen molar-refractivity contribution in [3.63, 3.8) is 0 Å². The van der Waals surface area contributed by atoms with Gasteiger partial charge in [-0.15, -0.1) is 10.2 Å². The van der Waals surface area contributed by atoms with E-state index in [1.54, 1.807) is 42.5 Å². The van der Waals surface area contributed by atoms with Crippen molar-refractivity contribution < 1.29 is 23.8 Å². The summed E-state index contributed by atoms with van der Waals surface area (Å²) in [6, 6.07) is 18.7. The van der Waals surface area contributed by atoms with Crippen molar-refractivity contribution in [1.82, 2.24) is 25.5 Å². The molecular formula is C32H34ClN7O5. The van der Waals surface area contributed by atoms with E-state index >= 15 is 0 Å². The highest BCUT2D eigenvalue weighted by atomic mass is 35.5. The SMILES string of the molecule is CN(C)c1ccc([C@H](C(=O)NC[C@@H]2CCCO2)N(C(=O)Cn2nnc(-c3ccc(Cl)cc3)n2)c2ccc3c(c2)OCCO3)cc1. The molecule has 234 valence electrons. The lowest BCUT2D eigenvalue weighted by Gasteiger charge is -2.32. The molecule has 1 fully saturated rings. The van der Waals surface area contributed by atoms with E-state index in [-0.39, 0.29) is 18.6 Å². The molecule has 3 heterocycles. The minimum atomic E-state index is -1.03. The molecule has 1 N–H and O–H groups in total. The molecule has 2 amide bonds. The first-order valence-corrected chi connectivity index (χ1v) is 15.2. The van der Waals surface area contributed by atoms with Crippen LogP contribution >= 0.6 is 11.6 Å². The van der Waals surface area contributed by atoms with E-state index in [4.69, 9.17) is 25.8 Å². The van der Waals surface area contributed by atoms with Gasteiger partial charge in [0, 0.05) is 55.3 Å². The molecule has 0 spiro atoms. The van der Waals surface area contributed by atoms with Gasteiger partial charge in [-0.3, -0.25) is 14.5 Å². The molecule has 0 bridgehead atoms. The normalized spacial score (nSPS) is 16.2. The van der Waals surface area contributed by atoms with Gasteiger partial charge in [-0.05, 0) is 72.1 Å². The van der Waals surface area contributed by atoms with Gasteiger partial charge in [0.15, 0.2) is 11.5 Å². The summed E-state index contributed by atoms with van der Waals surface area (Å²) in [5.41, 5.74) is 2.74. The second-order valence-electron chi connectivity index (χ2n) is 11.0. The highest BCUT2D eigenvalue weighted by Gasteiger charge is 2.35. The zero-order valence-electron chi connectivity index (χ0n) is 25.1. The molecule has 2 aliphatic heterocycles. The molecule has 0 aliphatic carbocycles. The van der Waals surface area contributed by atoms with Gasteiger partial charge in [-0.2, -0.15) is 4.80 Å². The molecule has 3 aromatic carbocycles. The highest BCUT2D eigenvalue weighted by Crippen LogP contribution is 2.37. The van der Waals surface area contributed by atoms with Gasteiger partial charge in [0.1, 0.15) is 25.8 Å². The molecule has 6 rings (SSSR count). The molecule has 12 nitrogen and oxygen atoms in total. The van der Waals surface area contributed by atoms with Crippen LogP contribution in [0.4, 0.5) is 11.4 Å². The highest BCUT2D eigenvalue weighted by molar-refractivity contribution is 6.30. The Morgan fingerprint density at radius 3 is 2.42 bits per heavy atom.